The molecule has 1 atom stereocenters. The molecule has 0 saturated carbocycles. The summed E-state index contributed by atoms with van der Waals surface area (Å²) in [6.45, 7) is 6.10. The van der Waals surface area contributed by atoms with E-state index in [0.717, 1.165) is 30.8 Å². The van der Waals surface area contributed by atoms with Crippen molar-refractivity contribution in [3.8, 4) is 0 Å². The molecule has 0 spiro atoms. The molecule has 2 rings (SSSR count). The van der Waals surface area contributed by atoms with E-state index < -0.39 is 0 Å². The highest BCUT2D eigenvalue weighted by atomic mass is 16.2. The van der Waals surface area contributed by atoms with Crippen LogP contribution in [0.5, 0.6) is 0 Å². The van der Waals surface area contributed by atoms with Crippen LogP contribution in [0, 0.1) is 0 Å². The van der Waals surface area contributed by atoms with Crippen LogP contribution in [-0.4, -0.2) is 46.0 Å². The van der Waals surface area contributed by atoms with E-state index in [0.29, 0.717) is 11.7 Å². The molecule has 0 saturated heterocycles. The van der Waals surface area contributed by atoms with E-state index in [1.54, 1.807) is 19.0 Å². The second-order valence-corrected chi connectivity index (χ2v) is 4.89. The van der Waals surface area contributed by atoms with E-state index in [-0.39, 0.29) is 5.91 Å². The van der Waals surface area contributed by atoms with Crippen molar-refractivity contribution in [2.45, 2.75) is 39.4 Å². The topological polar surface area (TPSA) is 52.2 Å². The fourth-order valence-electron chi connectivity index (χ4n) is 2.12. The zero-order valence-electron chi connectivity index (χ0n) is 10.9. The molecule has 0 aromatic carbocycles. The maximum atomic E-state index is 11.9. The Morgan fingerprint density at radius 3 is 2.82 bits per heavy atom. The summed E-state index contributed by atoms with van der Waals surface area (Å²) in [4.78, 5) is 15.9. The van der Waals surface area contributed by atoms with Crippen molar-refractivity contribution in [1.82, 2.24) is 20.0 Å². The van der Waals surface area contributed by atoms with Crippen molar-refractivity contribution in [1.29, 1.82) is 0 Å². The predicted molar refractivity (Wildman–Crippen MR) is 65.6 cm³/mol. The largest absolute Gasteiger partial charge is 0.343 e. The minimum absolute atomic E-state index is 0.0199. The minimum Gasteiger partial charge on any atom is -0.343 e. The van der Waals surface area contributed by atoms with Crippen molar-refractivity contribution in [2.24, 2.45) is 0 Å². The van der Waals surface area contributed by atoms with Gasteiger partial charge in [-0.15, -0.1) is 0 Å². The predicted octanol–water partition coefficient (Wildman–Crippen LogP) is 1.23. The van der Waals surface area contributed by atoms with Crippen LogP contribution in [0.15, 0.2) is 0 Å². The van der Waals surface area contributed by atoms with Gasteiger partial charge in [-0.25, -0.2) is 0 Å². The van der Waals surface area contributed by atoms with Crippen LogP contribution in [0.1, 0.15) is 42.0 Å². The van der Waals surface area contributed by atoms with Crippen LogP contribution in [0.25, 0.3) is 0 Å². The number of aromatic amines is 1. The maximum absolute atomic E-state index is 11.9. The third kappa shape index (κ3) is 2.07. The number of amides is 1. The highest BCUT2D eigenvalue weighted by Gasteiger charge is 2.30. The fourth-order valence-corrected chi connectivity index (χ4v) is 2.12. The lowest BCUT2D eigenvalue weighted by atomic mass is 10.2. The number of aromatic nitrogens is 2. The second kappa shape index (κ2) is 4.49. The van der Waals surface area contributed by atoms with Crippen LogP contribution in [-0.2, 0) is 13.1 Å². The monoisotopic (exact) mass is 236 g/mol. The average Bonchev–Trinajstić information content (AvgIpc) is 2.85. The van der Waals surface area contributed by atoms with Gasteiger partial charge in [0.25, 0.3) is 5.91 Å². The van der Waals surface area contributed by atoms with E-state index in [1.807, 2.05) is 0 Å². The van der Waals surface area contributed by atoms with Gasteiger partial charge in [0, 0.05) is 38.8 Å². The van der Waals surface area contributed by atoms with Crippen LogP contribution >= 0.6 is 0 Å². The number of rotatable bonds is 3. The minimum atomic E-state index is -0.0199. The van der Waals surface area contributed by atoms with E-state index >= 15 is 0 Å². The molecule has 5 nitrogen and oxygen atoms in total. The quantitative estimate of drug-likeness (QED) is 0.858. The molecule has 0 aliphatic carbocycles. The van der Waals surface area contributed by atoms with Gasteiger partial charge < -0.3 is 4.90 Å². The molecule has 0 fully saturated rings. The van der Waals surface area contributed by atoms with E-state index in [4.69, 9.17) is 0 Å². The molecule has 0 bridgehead atoms. The molecule has 0 radical (unpaired) electrons. The molecular formula is C12H20N4O. The lowest BCUT2D eigenvalue weighted by Crippen LogP contribution is -2.28. The molecule has 1 aliphatic heterocycles. The lowest BCUT2D eigenvalue weighted by molar-refractivity contribution is 0.0819. The summed E-state index contributed by atoms with van der Waals surface area (Å²) >= 11 is 0. The standard InChI is InChI=1S/C12H20N4O/c1-5-8(2)16-6-9-10(7-16)13-14-11(9)12(17)15(3)4/h8H,5-7H2,1-4H3,(H,13,14)/t8-/m0/s1. The Balaban J connectivity index is 2.20. The first-order valence-corrected chi connectivity index (χ1v) is 6.06. The van der Waals surface area contributed by atoms with E-state index in [1.165, 1.54) is 0 Å². The van der Waals surface area contributed by atoms with Gasteiger partial charge in [0.05, 0.1) is 5.69 Å². The third-order valence-corrected chi connectivity index (χ3v) is 3.50. The second-order valence-electron chi connectivity index (χ2n) is 4.89. The molecule has 94 valence electrons. The van der Waals surface area contributed by atoms with Crippen molar-refractivity contribution in [2.75, 3.05) is 14.1 Å². The summed E-state index contributed by atoms with van der Waals surface area (Å²) in [5, 5.41) is 7.13. The Bertz CT molecular complexity index is 424. The van der Waals surface area contributed by atoms with Gasteiger partial charge in [-0.1, -0.05) is 6.92 Å². The number of nitrogens with one attached hydrogen (secondary N) is 1. The zero-order valence-corrected chi connectivity index (χ0v) is 10.9. The number of fused-ring (bicyclic) bond motifs is 1. The van der Waals surface area contributed by atoms with E-state index in [9.17, 15) is 4.79 Å². The molecule has 1 aliphatic rings. The van der Waals surface area contributed by atoms with Crippen molar-refractivity contribution < 1.29 is 4.79 Å². The first-order chi connectivity index (χ1) is 8.04. The fraction of sp³-hybridized carbons (Fsp3) is 0.667. The Kier molecular flexibility index (Phi) is 3.19. The first-order valence-electron chi connectivity index (χ1n) is 6.06. The number of nitrogens with zero attached hydrogens (tertiary/aromatic N) is 3. The van der Waals surface area contributed by atoms with Crippen molar-refractivity contribution in [3.05, 3.63) is 17.0 Å². The van der Waals surface area contributed by atoms with Gasteiger partial charge in [0.1, 0.15) is 0 Å². The number of hydrogen-bond donors (Lipinski definition) is 1. The SMILES string of the molecule is CC[C@H](C)N1Cc2[nH]nc(C(=O)N(C)C)c2C1. The van der Waals surface area contributed by atoms with Crippen LogP contribution in [0.4, 0.5) is 0 Å². The van der Waals surface area contributed by atoms with Crippen molar-refractivity contribution >= 4 is 5.91 Å². The molecule has 0 unspecified atom stereocenters. The Morgan fingerprint density at radius 2 is 2.24 bits per heavy atom. The van der Waals surface area contributed by atoms with E-state index in [2.05, 4.69) is 28.9 Å². The molecule has 1 amide bonds. The number of H-pyrrole nitrogens is 1. The lowest BCUT2D eigenvalue weighted by Gasteiger charge is -2.22. The summed E-state index contributed by atoms with van der Waals surface area (Å²) in [7, 11) is 3.51. The molecule has 2 heterocycles. The van der Waals surface area contributed by atoms with Crippen molar-refractivity contribution in [3.63, 3.8) is 0 Å². The van der Waals surface area contributed by atoms with Gasteiger partial charge >= 0.3 is 0 Å². The summed E-state index contributed by atoms with van der Waals surface area (Å²) in [5.74, 6) is -0.0199. The summed E-state index contributed by atoms with van der Waals surface area (Å²) < 4.78 is 0. The Labute approximate surface area is 102 Å². The molecule has 5 heteroatoms. The van der Waals surface area contributed by atoms with Gasteiger partial charge in [-0.2, -0.15) is 5.10 Å². The maximum Gasteiger partial charge on any atom is 0.274 e. The molecule has 17 heavy (non-hydrogen) atoms. The average molecular weight is 236 g/mol. The third-order valence-electron chi connectivity index (χ3n) is 3.50. The van der Waals surface area contributed by atoms with Gasteiger partial charge in [0.15, 0.2) is 5.69 Å². The number of carbonyl (C=O) groups excluding carboxylic acids is 1. The Morgan fingerprint density at radius 1 is 1.53 bits per heavy atom. The van der Waals surface area contributed by atoms with Crippen LogP contribution in [0.3, 0.4) is 0 Å². The number of carbonyl (C=O) groups is 1. The van der Waals surface area contributed by atoms with Gasteiger partial charge in [0.2, 0.25) is 0 Å². The van der Waals surface area contributed by atoms with Crippen LogP contribution in [0.2, 0.25) is 0 Å². The molecule has 1 N–H and O–H groups in total. The smallest absolute Gasteiger partial charge is 0.274 e. The zero-order chi connectivity index (χ0) is 12.6. The van der Waals surface area contributed by atoms with Crippen LogP contribution < -0.4 is 0 Å². The summed E-state index contributed by atoms with van der Waals surface area (Å²) in [6.07, 6.45) is 1.12. The van der Waals surface area contributed by atoms with Gasteiger partial charge in [-0.05, 0) is 13.3 Å². The highest BCUT2D eigenvalue weighted by Crippen LogP contribution is 2.26. The molecule has 1 aromatic rings. The summed E-state index contributed by atoms with van der Waals surface area (Å²) in [5.41, 5.74) is 2.75. The first kappa shape index (κ1) is 12.1. The Hall–Kier alpha value is -1.36. The van der Waals surface area contributed by atoms with Gasteiger partial charge in [-0.3, -0.25) is 14.8 Å². The summed E-state index contributed by atoms with van der Waals surface area (Å²) in [6, 6.07) is 0.540. The molecule has 1 aromatic heterocycles. The normalized spacial score (nSPS) is 16.9. The molecular weight excluding hydrogens is 216 g/mol. The highest BCUT2D eigenvalue weighted by molar-refractivity contribution is 5.93. The number of hydrogen-bond acceptors (Lipinski definition) is 3.